The highest BCUT2D eigenvalue weighted by Crippen LogP contribution is 2.47. The van der Waals surface area contributed by atoms with Crippen LogP contribution in [0.3, 0.4) is 0 Å². The zero-order chi connectivity index (χ0) is 18.1. The zero-order valence-electron chi connectivity index (χ0n) is 15.8. The molecule has 0 heterocycles. The molecule has 0 aromatic rings. The zero-order valence-corrected chi connectivity index (χ0v) is 19.2. The van der Waals surface area contributed by atoms with Gasteiger partial charge in [0.05, 0.1) is 6.61 Å². The molecule has 0 spiro atoms. The molecule has 146 valence electrons. The SMILES string of the molecule is CCCCCCCCCOP(O)(=S)S(=S)CCCCCCCCC. The summed E-state index contributed by atoms with van der Waals surface area (Å²) < 4.78 is 5.62. The predicted molar refractivity (Wildman–Crippen MR) is 118 cm³/mol. The summed E-state index contributed by atoms with van der Waals surface area (Å²) in [4.78, 5) is 10.3. The van der Waals surface area contributed by atoms with Crippen molar-refractivity contribution >= 4 is 37.8 Å². The molecule has 0 radical (unpaired) electrons. The highest BCUT2D eigenvalue weighted by molar-refractivity contribution is 8.74. The standard InChI is InChI=1S/C18H39O2PS3/c1-3-5-7-9-11-13-15-17-20-21(19,22)24(23)18-16-14-12-10-8-6-4-2/h3-18H2,1-2H3,(H,19,22). The van der Waals surface area contributed by atoms with Crippen LogP contribution in [0.2, 0.25) is 0 Å². The van der Waals surface area contributed by atoms with Crippen LogP contribution < -0.4 is 0 Å². The van der Waals surface area contributed by atoms with Crippen molar-refractivity contribution in [2.45, 2.75) is 104 Å². The van der Waals surface area contributed by atoms with Gasteiger partial charge in [-0.1, -0.05) is 90.9 Å². The van der Waals surface area contributed by atoms with Gasteiger partial charge in [0.2, 0.25) is 5.69 Å². The van der Waals surface area contributed by atoms with E-state index < -0.39 is 14.8 Å². The Labute approximate surface area is 163 Å². The molecule has 0 rings (SSSR count). The van der Waals surface area contributed by atoms with Crippen molar-refractivity contribution < 1.29 is 9.42 Å². The van der Waals surface area contributed by atoms with Crippen LogP contribution in [0.25, 0.3) is 0 Å². The maximum Gasteiger partial charge on any atom is 0.248 e. The van der Waals surface area contributed by atoms with Crippen LogP contribution in [0.1, 0.15) is 104 Å². The second-order valence-electron chi connectivity index (χ2n) is 6.57. The van der Waals surface area contributed by atoms with E-state index in [2.05, 4.69) is 13.8 Å². The number of unbranched alkanes of at least 4 members (excludes halogenated alkanes) is 12. The van der Waals surface area contributed by atoms with Gasteiger partial charge in [0.1, 0.15) is 0 Å². The maximum atomic E-state index is 10.3. The summed E-state index contributed by atoms with van der Waals surface area (Å²) >= 11 is 10.7. The first-order valence-corrected chi connectivity index (χ1v) is 15.5. The summed E-state index contributed by atoms with van der Waals surface area (Å²) in [7, 11) is -0.558. The molecule has 0 fully saturated rings. The van der Waals surface area contributed by atoms with Crippen molar-refractivity contribution in [2.75, 3.05) is 12.4 Å². The fourth-order valence-corrected chi connectivity index (χ4v) is 7.05. The van der Waals surface area contributed by atoms with Gasteiger partial charge in [-0.3, -0.25) is 0 Å². The van der Waals surface area contributed by atoms with Crippen molar-refractivity contribution in [3.8, 4) is 0 Å². The molecule has 24 heavy (non-hydrogen) atoms. The van der Waals surface area contributed by atoms with E-state index in [0.29, 0.717) is 6.61 Å². The van der Waals surface area contributed by atoms with Gasteiger partial charge in [-0.05, 0) is 44.9 Å². The highest BCUT2D eigenvalue weighted by Gasteiger charge is 2.18. The van der Waals surface area contributed by atoms with Gasteiger partial charge < -0.3 is 9.42 Å². The van der Waals surface area contributed by atoms with Crippen LogP contribution in [0, 0.1) is 0 Å². The van der Waals surface area contributed by atoms with Crippen molar-refractivity contribution in [1.29, 1.82) is 0 Å². The van der Waals surface area contributed by atoms with Crippen LogP contribution in [-0.2, 0) is 36.6 Å². The second-order valence-corrected chi connectivity index (χ2v) is 15.8. The van der Waals surface area contributed by atoms with Gasteiger partial charge in [-0.25, -0.2) is 0 Å². The molecular formula is C18H39O2PS3. The first-order chi connectivity index (χ1) is 11.5. The molecule has 2 unspecified atom stereocenters. The molecule has 0 aliphatic rings. The minimum absolute atomic E-state index is 0.558. The molecule has 0 aromatic heterocycles. The Kier molecular flexibility index (Phi) is 18.4. The lowest BCUT2D eigenvalue weighted by molar-refractivity contribution is 0.307. The van der Waals surface area contributed by atoms with E-state index in [1.165, 1.54) is 77.0 Å². The Hall–Kier alpha value is 1.14. The summed E-state index contributed by atoms with van der Waals surface area (Å²) in [5.41, 5.74) is -2.74. The predicted octanol–water partition coefficient (Wildman–Crippen LogP) is 6.80. The Balaban J connectivity index is 3.60. The summed E-state index contributed by atoms with van der Waals surface area (Å²) in [6.45, 7) is 5.06. The van der Waals surface area contributed by atoms with Gasteiger partial charge in [0.25, 0.3) is 0 Å². The molecule has 2 atom stereocenters. The molecule has 6 heteroatoms. The van der Waals surface area contributed by atoms with Gasteiger partial charge in [-0.15, -0.1) is 0 Å². The second kappa shape index (κ2) is 17.5. The third-order valence-electron chi connectivity index (χ3n) is 4.18. The van der Waals surface area contributed by atoms with Gasteiger partial charge in [0.15, 0.2) is 0 Å². The molecule has 2 nitrogen and oxygen atoms in total. The number of hydrogen-bond acceptors (Lipinski definition) is 3. The van der Waals surface area contributed by atoms with Gasteiger partial charge in [-0.2, -0.15) is 0 Å². The highest BCUT2D eigenvalue weighted by atomic mass is 33.2. The monoisotopic (exact) mass is 414 g/mol. The lowest BCUT2D eigenvalue weighted by Crippen LogP contribution is -2.02. The van der Waals surface area contributed by atoms with E-state index in [0.717, 1.165) is 18.6 Å². The summed E-state index contributed by atoms with van der Waals surface area (Å²) in [5.74, 6) is 0.855. The normalized spacial score (nSPS) is 15.3. The Morgan fingerprint density at radius 3 is 1.67 bits per heavy atom. The Bertz CT molecular complexity index is 351. The largest absolute Gasteiger partial charge is 0.337 e. The van der Waals surface area contributed by atoms with Crippen LogP contribution in [-0.4, -0.2) is 17.3 Å². The lowest BCUT2D eigenvalue weighted by atomic mass is 10.1. The molecule has 0 aromatic carbocycles. The van der Waals surface area contributed by atoms with E-state index in [4.69, 9.17) is 27.5 Å². The van der Waals surface area contributed by atoms with Gasteiger partial charge >= 0.3 is 0 Å². The topological polar surface area (TPSA) is 29.5 Å². The fraction of sp³-hybridized carbons (Fsp3) is 1.00. The van der Waals surface area contributed by atoms with E-state index >= 15 is 0 Å². The maximum absolute atomic E-state index is 10.3. The van der Waals surface area contributed by atoms with E-state index in [9.17, 15) is 4.89 Å². The van der Waals surface area contributed by atoms with Crippen molar-refractivity contribution in [1.82, 2.24) is 0 Å². The summed E-state index contributed by atoms with van der Waals surface area (Å²) in [5, 5.41) is 0. The summed E-state index contributed by atoms with van der Waals surface area (Å²) in [6, 6.07) is 0. The van der Waals surface area contributed by atoms with Crippen molar-refractivity contribution in [2.24, 2.45) is 0 Å². The first-order valence-electron chi connectivity index (χ1n) is 9.91. The smallest absolute Gasteiger partial charge is 0.248 e. The van der Waals surface area contributed by atoms with Crippen LogP contribution in [0.4, 0.5) is 0 Å². The molecule has 0 bridgehead atoms. The number of rotatable bonds is 18. The van der Waals surface area contributed by atoms with Crippen LogP contribution >= 0.6 is 5.69 Å². The minimum Gasteiger partial charge on any atom is -0.337 e. The quantitative estimate of drug-likeness (QED) is 0.197. The van der Waals surface area contributed by atoms with Crippen LogP contribution in [0.15, 0.2) is 0 Å². The molecule has 1 N–H and O–H groups in total. The average Bonchev–Trinajstić information content (AvgIpc) is 2.56. The third kappa shape index (κ3) is 15.4. The molecule has 0 saturated carbocycles. The number of hydrogen-bond donors (Lipinski definition) is 1. The Morgan fingerprint density at radius 1 is 0.750 bits per heavy atom. The molecule has 0 aliphatic heterocycles. The van der Waals surface area contributed by atoms with Crippen molar-refractivity contribution in [3.63, 3.8) is 0 Å². The first kappa shape index (κ1) is 25.1. The van der Waals surface area contributed by atoms with Crippen LogP contribution in [0.5, 0.6) is 0 Å². The minimum atomic E-state index is -2.74. The van der Waals surface area contributed by atoms with E-state index in [1.54, 1.807) is 0 Å². The molecule has 0 amide bonds. The van der Waals surface area contributed by atoms with E-state index in [1.807, 2.05) is 0 Å². The van der Waals surface area contributed by atoms with Crippen molar-refractivity contribution in [3.05, 3.63) is 0 Å². The molecule has 0 saturated heterocycles. The van der Waals surface area contributed by atoms with Gasteiger partial charge in [0, 0.05) is 5.75 Å². The Morgan fingerprint density at radius 2 is 1.17 bits per heavy atom. The lowest BCUT2D eigenvalue weighted by Gasteiger charge is -2.17. The van der Waals surface area contributed by atoms with E-state index in [-0.39, 0.29) is 0 Å². The third-order valence-corrected chi connectivity index (χ3v) is 13.4. The summed E-state index contributed by atoms with van der Waals surface area (Å²) in [6.07, 6.45) is 17.6. The fourth-order valence-electron chi connectivity index (χ4n) is 2.60. The average molecular weight is 415 g/mol. The molecule has 0 aliphatic carbocycles. The molecular weight excluding hydrogens is 375 g/mol.